The number of rotatable bonds is 1. The van der Waals surface area contributed by atoms with Gasteiger partial charge >= 0.3 is 0 Å². The predicted molar refractivity (Wildman–Crippen MR) is 61.1 cm³/mol. The van der Waals surface area contributed by atoms with E-state index in [1.165, 1.54) is 12.1 Å². The zero-order valence-corrected chi connectivity index (χ0v) is 8.72. The Hall–Kier alpha value is -2.36. The van der Waals surface area contributed by atoms with Gasteiger partial charge < -0.3 is 9.63 Å². The van der Waals surface area contributed by atoms with Crippen molar-refractivity contribution in [1.82, 2.24) is 5.16 Å². The summed E-state index contributed by atoms with van der Waals surface area (Å²) in [6.07, 6.45) is 0. The van der Waals surface area contributed by atoms with Gasteiger partial charge in [-0.25, -0.2) is 4.39 Å². The van der Waals surface area contributed by atoms with Crippen molar-refractivity contribution < 1.29 is 14.0 Å². The molecule has 0 atom stereocenters. The lowest BCUT2D eigenvalue weighted by atomic mass is 10.1. The highest BCUT2D eigenvalue weighted by Gasteiger charge is 2.10. The highest BCUT2D eigenvalue weighted by molar-refractivity contribution is 5.91. The lowest BCUT2D eigenvalue weighted by molar-refractivity contribution is 0.457. The number of aromatic hydroxyl groups is 1. The van der Waals surface area contributed by atoms with E-state index in [1.54, 1.807) is 30.3 Å². The van der Waals surface area contributed by atoms with Crippen LogP contribution in [0.15, 0.2) is 47.0 Å². The van der Waals surface area contributed by atoms with Crippen LogP contribution in [0, 0.1) is 5.82 Å². The first-order valence-corrected chi connectivity index (χ1v) is 5.08. The van der Waals surface area contributed by atoms with Crippen LogP contribution >= 0.6 is 0 Å². The molecule has 1 N–H and O–H groups in total. The molecule has 84 valence electrons. The first-order valence-electron chi connectivity index (χ1n) is 5.08. The molecule has 3 nitrogen and oxygen atoms in total. The summed E-state index contributed by atoms with van der Waals surface area (Å²) in [6.45, 7) is 0. The van der Waals surface area contributed by atoms with Crippen molar-refractivity contribution in [2.24, 2.45) is 0 Å². The zero-order valence-electron chi connectivity index (χ0n) is 8.72. The molecule has 0 radical (unpaired) electrons. The molecule has 0 unspecified atom stereocenters. The molecule has 0 saturated carbocycles. The summed E-state index contributed by atoms with van der Waals surface area (Å²) in [7, 11) is 0. The fraction of sp³-hybridized carbons (Fsp3) is 0. The number of phenols is 1. The first-order chi connectivity index (χ1) is 8.24. The van der Waals surface area contributed by atoms with Crippen LogP contribution in [0.5, 0.6) is 5.75 Å². The minimum Gasteiger partial charge on any atom is -0.508 e. The quantitative estimate of drug-likeness (QED) is 0.696. The van der Waals surface area contributed by atoms with E-state index in [0.29, 0.717) is 11.3 Å². The average Bonchev–Trinajstić information content (AvgIpc) is 2.73. The first kappa shape index (κ1) is 9.84. The second-order valence-corrected chi connectivity index (χ2v) is 3.72. The maximum Gasteiger partial charge on any atom is 0.170 e. The fourth-order valence-electron chi connectivity index (χ4n) is 1.74. The van der Waals surface area contributed by atoms with Gasteiger partial charge in [0.05, 0.1) is 0 Å². The van der Waals surface area contributed by atoms with Gasteiger partial charge in [-0.05, 0) is 36.4 Å². The van der Waals surface area contributed by atoms with Gasteiger partial charge in [-0.1, -0.05) is 5.16 Å². The van der Waals surface area contributed by atoms with Crippen molar-refractivity contribution >= 4 is 11.0 Å². The maximum absolute atomic E-state index is 13.0. The van der Waals surface area contributed by atoms with Crippen LogP contribution in [0.2, 0.25) is 0 Å². The molecule has 3 aromatic rings. The normalized spacial score (nSPS) is 10.9. The molecule has 0 aliphatic carbocycles. The van der Waals surface area contributed by atoms with E-state index >= 15 is 0 Å². The number of aromatic nitrogens is 1. The molecule has 1 aromatic heterocycles. The minimum atomic E-state index is -0.356. The molecular weight excluding hydrogens is 221 g/mol. The molecular formula is C13H8FNO2. The topological polar surface area (TPSA) is 46.3 Å². The molecule has 1 heterocycles. The second-order valence-electron chi connectivity index (χ2n) is 3.72. The summed E-state index contributed by atoms with van der Waals surface area (Å²) in [5.74, 6) is -0.168. The van der Waals surface area contributed by atoms with Gasteiger partial charge in [0.25, 0.3) is 0 Å². The van der Waals surface area contributed by atoms with Gasteiger partial charge in [0.1, 0.15) is 17.3 Å². The Morgan fingerprint density at radius 3 is 2.59 bits per heavy atom. The monoisotopic (exact) mass is 229 g/mol. The summed E-state index contributed by atoms with van der Waals surface area (Å²) in [5.41, 5.74) is 1.86. The van der Waals surface area contributed by atoms with Crippen molar-refractivity contribution in [2.75, 3.05) is 0 Å². The van der Waals surface area contributed by atoms with Crippen molar-refractivity contribution in [3.63, 3.8) is 0 Å². The molecule has 0 aliphatic rings. The lowest BCUT2D eigenvalue weighted by Crippen LogP contribution is -1.78. The Bertz CT molecular complexity index is 673. The number of benzene rings is 2. The van der Waals surface area contributed by atoms with Crippen LogP contribution in [-0.4, -0.2) is 10.3 Å². The molecule has 0 aliphatic heterocycles. The van der Waals surface area contributed by atoms with Crippen molar-refractivity contribution in [3.05, 3.63) is 48.3 Å². The van der Waals surface area contributed by atoms with E-state index < -0.39 is 0 Å². The third-order valence-electron chi connectivity index (χ3n) is 2.57. The van der Waals surface area contributed by atoms with Gasteiger partial charge in [-0.2, -0.15) is 0 Å². The fourth-order valence-corrected chi connectivity index (χ4v) is 1.74. The third-order valence-corrected chi connectivity index (χ3v) is 2.57. The smallest absolute Gasteiger partial charge is 0.170 e. The Labute approximate surface area is 96.1 Å². The third kappa shape index (κ3) is 1.63. The Morgan fingerprint density at radius 1 is 1.06 bits per heavy atom. The van der Waals surface area contributed by atoms with Gasteiger partial charge in [-0.15, -0.1) is 0 Å². The van der Waals surface area contributed by atoms with Crippen LogP contribution in [0.25, 0.3) is 22.2 Å². The van der Waals surface area contributed by atoms with E-state index in [2.05, 4.69) is 5.16 Å². The van der Waals surface area contributed by atoms with Crippen molar-refractivity contribution in [2.45, 2.75) is 0 Å². The average molecular weight is 229 g/mol. The van der Waals surface area contributed by atoms with Crippen molar-refractivity contribution in [1.29, 1.82) is 0 Å². The SMILES string of the molecule is Oc1ccc(-c2noc3cc(F)ccc23)cc1. The highest BCUT2D eigenvalue weighted by Crippen LogP contribution is 2.29. The minimum absolute atomic E-state index is 0.188. The zero-order chi connectivity index (χ0) is 11.8. The maximum atomic E-state index is 13.0. The Morgan fingerprint density at radius 2 is 1.82 bits per heavy atom. The molecule has 0 bridgehead atoms. The summed E-state index contributed by atoms with van der Waals surface area (Å²) in [5, 5.41) is 13.9. The van der Waals surface area contributed by atoms with E-state index in [-0.39, 0.29) is 11.6 Å². The molecule has 0 saturated heterocycles. The summed E-state index contributed by atoms with van der Waals surface area (Å²) < 4.78 is 18.0. The summed E-state index contributed by atoms with van der Waals surface area (Å²) in [4.78, 5) is 0. The van der Waals surface area contributed by atoms with E-state index in [9.17, 15) is 9.50 Å². The van der Waals surface area contributed by atoms with Crippen LogP contribution in [0.1, 0.15) is 0 Å². The van der Waals surface area contributed by atoms with Gasteiger partial charge in [0.15, 0.2) is 5.58 Å². The molecule has 2 aromatic carbocycles. The van der Waals surface area contributed by atoms with E-state index in [4.69, 9.17) is 4.52 Å². The number of hydrogen-bond donors (Lipinski definition) is 1. The number of nitrogens with zero attached hydrogens (tertiary/aromatic N) is 1. The van der Waals surface area contributed by atoms with Crippen LogP contribution in [-0.2, 0) is 0 Å². The summed E-state index contributed by atoms with van der Waals surface area (Å²) in [6, 6.07) is 10.9. The molecule has 17 heavy (non-hydrogen) atoms. The highest BCUT2D eigenvalue weighted by atomic mass is 19.1. The molecule has 3 rings (SSSR count). The molecule has 0 spiro atoms. The Balaban J connectivity index is 2.21. The van der Waals surface area contributed by atoms with Gasteiger partial charge in [-0.3, -0.25) is 0 Å². The lowest BCUT2D eigenvalue weighted by Gasteiger charge is -1.97. The largest absolute Gasteiger partial charge is 0.508 e. The van der Waals surface area contributed by atoms with Gasteiger partial charge in [0.2, 0.25) is 0 Å². The van der Waals surface area contributed by atoms with Crippen LogP contribution in [0.4, 0.5) is 4.39 Å². The molecule has 4 heteroatoms. The van der Waals surface area contributed by atoms with Gasteiger partial charge in [0, 0.05) is 17.0 Å². The van der Waals surface area contributed by atoms with Crippen LogP contribution < -0.4 is 0 Å². The number of fused-ring (bicyclic) bond motifs is 1. The predicted octanol–water partition coefficient (Wildman–Crippen LogP) is 3.34. The summed E-state index contributed by atoms with van der Waals surface area (Å²) >= 11 is 0. The van der Waals surface area contributed by atoms with Crippen LogP contribution in [0.3, 0.4) is 0 Å². The van der Waals surface area contributed by atoms with Crippen molar-refractivity contribution in [3.8, 4) is 17.0 Å². The standard InChI is InChI=1S/C13H8FNO2/c14-9-3-6-11-12(7-9)17-15-13(11)8-1-4-10(16)5-2-8/h1-7,16H. The van der Waals surface area contributed by atoms with E-state index in [1.807, 2.05) is 0 Å². The Kier molecular flexibility index (Phi) is 2.08. The molecule has 0 fully saturated rings. The van der Waals surface area contributed by atoms with E-state index in [0.717, 1.165) is 10.9 Å². The molecule has 0 amide bonds. The number of halogens is 1. The number of phenolic OH excluding ortho intramolecular Hbond substituents is 1. The second kappa shape index (κ2) is 3.59. The number of hydrogen-bond acceptors (Lipinski definition) is 3.